The third-order valence-electron chi connectivity index (χ3n) is 12.8. The highest BCUT2D eigenvalue weighted by molar-refractivity contribution is 5.77. The number of aliphatic hydroxyl groups is 2. The molecule has 0 aromatic heterocycles. The third kappa shape index (κ3) is 44.9. The molecule has 3 unspecified atom stereocenters. The highest BCUT2D eigenvalue weighted by atomic mass is 16.5. The number of amides is 1. The zero-order valence-corrected chi connectivity index (χ0v) is 41.8. The van der Waals surface area contributed by atoms with Gasteiger partial charge in [-0.3, -0.25) is 9.59 Å². The number of nitrogens with one attached hydrogen (secondary N) is 1. The van der Waals surface area contributed by atoms with Crippen LogP contribution < -0.4 is 5.32 Å². The van der Waals surface area contributed by atoms with E-state index in [0.29, 0.717) is 19.3 Å². The van der Waals surface area contributed by atoms with E-state index < -0.39 is 18.2 Å². The van der Waals surface area contributed by atoms with Crippen molar-refractivity contribution in [3.05, 3.63) is 24.3 Å². The second-order valence-corrected chi connectivity index (χ2v) is 19.0. The molecule has 6 nitrogen and oxygen atoms in total. The zero-order valence-electron chi connectivity index (χ0n) is 41.8. The van der Waals surface area contributed by atoms with E-state index in [9.17, 15) is 19.8 Å². The van der Waals surface area contributed by atoms with Crippen molar-refractivity contribution in [2.24, 2.45) is 0 Å². The lowest BCUT2D eigenvalue weighted by Crippen LogP contribution is -2.46. The average Bonchev–Trinajstić information content (AvgIpc) is 3.26. The maximum atomic E-state index is 13.2. The highest BCUT2D eigenvalue weighted by Crippen LogP contribution is 2.18. The Morgan fingerprint density at radius 1 is 0.468 bits per heavy atom. The van der Waals surface area contributed by atoms with Crippen molar-refractivity contribution >= 4 is 11.9 Å². The molecule has 0 saturated heterocycles. The predicted molar refractivity (Wildman–Crippen MR) is 269 cm³/mol. The van der Waals surface area contributed by atoms with Gasteiger partial charge in [0.1, 0.15) is 6.10 Å². The Morgan fingerprint density at radius 3 is 1.19 bits per heavy atom. The summed E-state index contributed by atoms with van der Waals surface area (Å²) in [5, 5.41) is 23.8. The molecule has 0 saturated carbocycles. The molecule has 6 heteroatoms. The van der Waals surface area contributed by atoms with Crippen LogP contribution in [0.2, 0.25) is 0 Å². The summed E-state index contributed by atoms with van der Waals surface area (Å²) >= 11 is 0. The summed E-state index contributed by atoms with van der Waals surface area (Å²) in [6, 6.07) is -0.702. The lowest BCUT2D eigenvalue weighted by molar-refractivity contribution is -0.151. The fourth-order valence-corrected chi connectivity index (χ4v) is 8.60. The number of rotatable bonds is 50. The molecule has 3 N–H and O–H groups in total. The van der Waals surface area contributed by atoms with Gasteiger partial charge in [0.05, 0.1) is 25.2 Å². The Labute approximate surface area is 386 Å². The second kappa shape index (κ2) is 50.3. The third-order valence-corrected chi connectivity index (χ3v) is 12.8. The van der Waals surface area contributed by atoms with E-state index in [1.165, 1.54) is 193 Å². The minimum absolute atomic E-state index is 0.0729. The van der Waals surface area contributed by atoms with Crippen molar-refractivity contribution in [1.82, 2.24) is 5.32 Å². The van der Waals surface area contributed by atoms with Gasteiger partial charge in [0, 0.05) is 6.42 Å². The van der Waals surface area contributed by atoms with Crippen LogP contribution in [0.5, 0.6) is 0 Å². The van der Waals surface area contributed by atoms with Crippen LogP contribution in [0, 0.1) is 0 Å². The number of unbranched alkanes of at least 4 members (excludes halogenated alkanes) is 35. The van der Waals surface area contributed by atoms with Crippen molar-refractivity contribution in [1.29, 1.82) is 0 Å². The van der Waals surface area contributed by atoms with Crippen molar-refractivity contribution in [3.63, 3.8) is 0 Å². The molecule has 0 aliphatic heterocycles. The van der Waals surface area contributed by atoms with Crippen LogP contribution in [0.15, 0.2) is 24.3 Å². The van der Waals surface area contributed by atoms with Crippen LogP contribution >= 0.6 is 0 Å². The van der Waals surface area contributed by atoms with Gasteiger partial charge in [-0.15, -0.1) is 0 Å². The molecule has 0 bridgehead atoms. The van der Waals surface area contributed by atoms with Gasteiger partial charge in [-0.05, 0) is 51.4 Å². The maximum Gasteiger partial charge on any atom is 0.306 e. The van der Waals surface area contributed by atoms with E-state index >= 15 is 0 Å². The van der Waals surface area contributed by atoms with Crippen LogP contribution in [0.25, 0.3) is 0 Å². The van der Waals surface area contributed by atoms with Crippen LogP contribution in [-0.4, -0.2) is 46.9 Å². The number of carbonyl (C=O) groups excluding carboxylic acids is 2. The number of allylic oxidation sites excluding steroid dienone is 4. The summed E-state index contributed by atoms with van der Waals surface area (Å²) in [7, 11) is 0. The van der Waals surface area contributed by atoms with Gasteiger partial charge in [0.2, 0.25) is 5.91 Å². The average molecular weight is 874 g/mol. The number of hydrogen-bond donors (Lipinski definition) is 3. The van der Waals surface area contributed by atoms with E-state index in [1.807, 2.05) is 0 Å². The first-order valence-electron chi connectivity index (χ1n) is 27.6. The van der Waals surface area contributed by atoms with Gasteiger partial charge in [-0.25, -0.2) is 0 Å². The molecule has 0 heterocycles. The Hall–Kier alpha value is -1.66. The Kier molecular flexibility index (Phi) is 49.0. The zero-order chi connectivity index (χ0) is 45.2. The van der Waals surface area contributed by atoms with E-state index in [-0.39, 0.29) is 24.9 Å². The fraction of sp³-hybridized carbons (Fsp3) is 0.893. The first-order chi connectivity index (χ1) is 30.5. The monoisotopic (exact) mass is 874 g/mol. The lowest BCUT2D eigenvalue weighted by Gasteiger charge is -2.24. The lowest BCUT2D eigenvalue weighted by atomic mass is 10.0. The topological polar surface area (TPSA) is 95.9 Å². The first-order valence-corrected chi connectivity index (χ1v) is 27.6. The van der Waals surface area contributed by atoms with Gasteiger partial charge in [-0.2, -0.15) is 0 Å². The number of esters is 1. The van der Waals surface area contributed by atoms with Crippen molar-refractivity contribution in [3.8, 4) is 0 Å². The highest BCUT2D eigenvalue weighted by Gasteiger charge is 2.24. The van der Waals surface area contributed by atoms with Crippen molar-refractivity contribution in [2.75, 3.05) is 6.61 Å². The van der Waals surface area contributed by atoms with Crippen LogP contribution in [0.4, 0.5) is 0 Å². The first kappa shape index (κ1) is 60.3. The predicted octanol–water partition coefficient (Wildman–Crippen LogP) is 16.7. The summed E-state index contributed by atoms with van der Waals surface area (Å²) in [5.74, 6) is -0.488. The molecule has 0 aliphatic carbocycles. The molecular formula is C56H107NO5. The van der Waals surface area contributed by atoms with Crippen molar-refractivity contribution in [2.45, 2.75) is 315 Å². The maximum absolute atomic E-state index is 13.2. The van der Waals surface area contributed by atoms with Gasteiger partial charge in [-0.1, -0.05) is 257 Å². The fourth-order valence-electron chi connectivity index (χ4n) is 8.60. The minimum Gasteiger partial charge on any atom is -0.462 e. The molecule has 0 aromatic rings. The molecule has 62 heavy (non-hydrogen) atoms. The smallest absolute Gasteiger partial charge is 0.306 e. The summed E-state index contributed by atoms with van der Waals surface area (Å²) in [6.45, 7) is 6.50. The largest absolute Gasteiger partial charge is 0.462 e. The summed E-state index contributed by atoms with van der Waals surface area (Å²) in [5.41, 5.74) is 0. The van der Waals surface area contributed by atoms with E-state index in [0.717, 1.165) is 57.8 Å². The van der Waals surface area contributed by atoms with Gasteiger partial charge in [0.15, 0.2) is 0 Å². The van der Waals surface area contributed by atoms with Gasteiger partial charge < -0.3 is 20.3 Å². The number of carbonyl (C=O) groups is 2. The molecule has 3 atom stereocenters. The summed E-state index contributed by atoms with van der Waals surface area (Å²) in [6.07, 6.45) is 58.1. The summed E-state index contributed by atoms with van der Waals surface area (Å²) in [4.78, 5) is 26.2. The van der Waals surface area contributed by atoms with Gasteiger partial charge in [0.25, 0.3) is 0 Å². The molecule has 1 amide bonds. The van der Waals surface area contributed by atoms with Crippen LogP contribution in [0.3, 0.4) is 0 Å². The van der Waals surface area contributed by atoms with Crippen LogP contribution in [0.1, 0.15) is 297 Å². The number of hydrogen-bond acceptors (Lipinski definition) is 5. The van der Waals surface area contributed by atoms with Gasteiger partial charge >= 0.3 is 5.97 Å². The molecule has 0 rings (SSSR count). The summed E-state index contributed by atoms with van der Waals surface area (Å²) < 4.78 is 5.94. The Balaban J connectivity index is 4.58. The molecule has 0 spiro atoms. The van der Waals surface area contributed by atoms with Crippen molar-refractivity contribution < 1.29 is 24.5 Å². The quantitative estimate of drug-likeness (QED) is 0.0321. The normalized spacial score (nSPS) is 13.3. The standard InChI is InChI=1S/C56H107NO5/c1-4-7-10-13-16-19-22-25-27-29-31-34-37-40-43-46-49-56(61)62-52(47-44-41-38-35-32-30-28-26-23-20-17-14-11-8-5-2)50-55(60)57-53(51-58)54(59)48-45-42-39-36-33-24-21-18-15-12-9-6-3/h27,29,31,34,52-54,58-59H,4-26,28,30,32-33,35-51H2,1-3H3,(H,57,60)/b29-27+,34-31+. The number of ether oxygens (including phenoxy) is 1. The molecular weight excluding hydrogens is 767 g/mol. The van der Waals surface area contributed by atoms with E-state index in [1.54, 1.807) is 0 Å². The SMILES string of the molecule is CCCCCCCCC/C=C/C=C/CCCCCC(=O)OC(CCCCCCCCCCCCCCCCC)CC(=O)NC(CO)C(O)CCCCCCCCCCCCCC. The van der Waals surface area contributed by atoms with Crippen LogP contribution in [-0.2, 0) is 14.3 Å². The number of aliphatic hydroxyl groups excluding tert-OH is 2. The second-order valence-electron chi connectivity index (χ2n) is 19.0. The Bertz CT molecular complexity index is 981. The van der Waals surface area contributed by atoms with E-state index in [4.69, 9.17) is 4.74 Å². The molecule has 0 aromatic carbocycles. The minimum atomic E-state index is -0.788. The Morgan fingerprint density at radius 2 is 0.806 bits per heavy atom. The molecule has 0 fully saturated rings. The molecule has 0 aliphatic rings. The molecule has 0 radical (unpaired) electrons. The van der Waals surface area contributed by atoms with E-state index in [2.05, 4.69) is 50.4 Å². The molecule has 366 valence electrons.